The van der Waals surface area contributed by atoms with Gasteiger partial charge >= 0.3 is 0 Å². The van der Waals surface area contributed by atoms with Crippen molar-refractivity contribution in [2.24, 2.45) is 0 Å². The third-order valence-corrected chi connectivity index (χ3v) is 5.24. The molecule has 1 aromatic rings. The van der Waals surface area contributed by atoms with Crippen LogP contribution in [0.1, 0.15) is 44.6 Å². The number of amides is 1. The minimum absolute atomic E-state index is 0.0638. The largest absolute Gasteiger partial charge is 0.385 e. The minimum atomic E-state index is -0.658. The van der Waals surface area contributed by atoms with Gasteiger partial charge in [0, 0.05) is 32.1 Å². The number of hydrogen-bond acceptors (Lipinski definition) is 3. The number of carbonyl (C=O) groups is 1. The Kier molecular flexibility index (Phi) is 4.50. The lowest BCUT2D eigenvalue weighted by Gasteiger charge is -2.40. The Hall–Kier alpha value is -1.39. The van der Waals surface area contributed by atoms with E-state index in [0.29, 0.717) is 12.1 Å². The lowest BCUT2D eigenvalue weighted by molar-refractivity contribution is -0.119. The molecular weight excluding hydrogens is 276 g/mol. The molecule has 1 unspecified atom stereocenters. The number of benzene rings is 1. The highest BCUT2D eigenvalue weighted by Gasteiger charge is 2.38. The highest BCUT2D eigenvalue weighted by atomic mass is 16.3. The van der Waals surface area contributed by atoms with Crippen LogP contribution in [0.4, 0.5) is 0 Å². The predicted molar refractivity (Wildman–Crippen MR) is 86.4 cm³/mol. The van der Waals surface area contributed by atoms with Crippen molar-refractivity contribution in [1.29, 1.82) is 0 Å². The number of likely N-dealkylation sites (tertiary alicyclic amines) is 1. The first kappa shape index (κ1) is 15.5. The van der Waals surface area contributed by atoms with Gasteiger partial charge in [-0.15, -0.1) is 0 Å². The Labute approximate surface area is 132 Å². The van der Waals surface area contributed by atoms with Gasteiger partial charge in [-0.25, -0.2) is 0 Å². The molecule has 2 fully saturated rings. The van der Waals surface area contributed by atoms with Gasteiger partial charge in [0.25, 0.3) is 0 Å². The van der Waals surface area contributed by atoms with Gasteiger partial charge in [-0.3, -0.25) is 9.69 Å². The first-order valence-electron chi connectivity index (χ1n) is 8.36. The summed E-state index contributed by atoms with van der Waals surface area (Å²) in [5.74, 6) is 0.0638. The van der Waals surface area contributed by atoms with Crippen LogP contribution in [0.5, 0.6) is 0 Å². The molecule has 1 atom stereocenters. The highest BCUT2D eigenvalue weighted by molar-refractivity contribution is 5.73. The van der Waals surface area contributed by atoms with E-state index in [1.807, 2.05) is 30.3 Å². The summed E-state index contributed by atoms with van der Waals surface area (Å²) < 4.78 is 0. The molecule has 0 aromatic heterocycles. The zero-order valence-electron chi connectivity index (χ0n) is 13.3. The van der Waals surface area contributed by atoms with Crippen molar-refractivity contribution in [1.82, 2.24) is 10.2 Å². The number of nitrogens with one attached hydrogen (secondary N) is 1. The smallest absolute Gasteiger partial charge is 0.217 e. The Morgan fingerprint density at radius 3 is 2.55 bits per heavy atom. The fourth-order valence-electron chi connectivity index (χ4n) is 4.01. The molecule has 4 heteroatoms. The molecule has 1 saturated carbocycles. The van der Waals surface area contributed by atoms with E-state index >= 15 is 0 Å². The molecule has 1 amide bonds. The van der Waals surface area contributed by atoms with Gasteiger partial charge < -0.3 is 10.4 Å². The quantitative estimate of drug-likeness (QED) is 0.898. The monoisotopic (exact) mass is 302 g/mol. The van der Waals surface area contributed by atoms with Crippen LogP contribution in [-0.2, 0) is 10.4 Å². The normalized spacial score (nSPS) is 32.8. The molecule has 1 heterocycles. The second-order valence-electron chi connectivity index (χ2n) is 6.81. The lowest BCUT2D eigenvalue weighted by Crippen LogP contribution is -2.43. The highest BCUT2D eigenvalue weighted by Crippen LogP contribution is 2.39. The Balaban J connectivity index is 1.55. The molecule has 0 bridgehead atoms. The zero-order chi connectivity index (χ0) is 15.6. The molecule has 0 spiro atoms. The standard InChI is InChI=1S/C18H26N2O2/c1-14(21)19-16-9-12-20(13-16)17-7-10-18(22,11-8-17)15-5-3-2-4-6-15/h2-6,16-17,22H,7-13H2,1H3,(H,19,21). The first-order valence-corrected chi connectivity index (χ1v) is 8.36. The van der Waals surface area contributed by atoms with Crippen molar-refractivity contribution in [3.63, 3.8) is 0 Å². The number of aliphatic hydroxyl groups is 1. The molecule has 1 saturated heterocycles. The summed E-state index contributed by atoms with van der Waals surface area (Å²) in [6.07, 6.45) is 4.74. The van der Waals surface area contributed by atoms with Gasteiger partial charge in [0.05, 0.1) is 5.60 Å². The van der Waals surface area contributed by atoms with Crippen LogP contribution in [-0.4, -0.2) is 41.1 Å². The van der Waals surface area contributed by atoms with E-state index < -0.39 is 5.60 Å². The molecule has 1 aliphatic carbocycles. The van der Waals surface area contributed by atoms with Crippen LogP contribution >= 0.6 is 0 Å². The van der Waals surface area contributed by atoms with Crippen molar-refractivity contribution in [2.45, 2.75) is 56.7 Å². The zero-order valence-corrected chi connectivity index (χ0v) is 13.3. The molecular formula is C18H26N2O2. The molecule has 0 radical (unpaired) electrons. The van der Waals surface area contributed by atoms with E-state index in [2.05, 4.69) is 10.2 Å². The van der Waals surface area contributed by atoms with Crippen LogP contribution in [0.15, 0.2) is 30.3 Å². The molecule has 120 valence electrons. The first-order chi connectivity index (χ1) is 10.6. The van der Waals surface area contributed by atoms with E-state index in [1.54, 1.807) is 6.92 Å². The summed E-state index contributed by atoms with van der Waals surface area (Å²) in [6, 6.07) is 10.9. The second kappa shape index (κ2) is 6.39. The average Bonchev–Trinajstić information content (AvgIpc) is 2.96. The van der Waals surface area contributed by atoms with Crippen LogP contribution < -0.4 is 5.32 Å². The summed E-state index contributed by atoms with van der Waals surface area (Å²) in [5, 5.41) is 13.9. The molecule has 22 heavy (non-hydrogen) atoms. The summed E-state index contributed by atoms with van der Waals surface area (Å²) in [6.45, 7) is 3.59. The molecule has 2 aliphatic rings. The summed E-state index contributed by atoms with van der Waals surface area (Å²) in [4.78, 5) is 13.7. The van der Waals surface area contributed by atoms with Gasteiger partial charge in [-0.2, -0.15) is 0 Å². The lowest BCUT2D eigenvalue weighted by atomic mass is 9.77. The summed E-state index contributed by atoms with van der Waals surface area (Å²) in [5.41, 5.74) is 0.389. The third-order valence-electron chi connectivity index (χ3n) is 5.24. The number of carbonyl (C=O) groups excluding carboxylic acids is 1. The van der Waals surface area contributed by atoms with Gasteiger partial charge in [-0.1, -0.05) is 30.3 Å². The van der Waals surface area contributed by atoms with Crippen molar-refractivity contribution in [2.75, 3.05) is 13.1 Å². The van der Waals surface area contributed by atoms with Crippen molar-refractivity contribution >= 4 is 5.91 Å². The minimum Gasteiger partial charge on any atom is -0.385 e. The van der Waals surface area contributed by atoms with Crippen molar-refractivity contribution in [3.8, 4) is 0 Å². The van der Waals surface area contributed by atoms with E-state index in [0.717, 1.165) is 50.8 Å². The maximum Gasteiger partial charge on any atom is 0.217 e. The fourth-order valence-corrected chi connectivity index (χ4v) is 4.01. The van der Waals surface area contributed by atoms with Crippen molar-refractivity contribution < 1.29 is 9.90 Å². The second-order valence-corrected chi connectivity index (χ2v) is 6.81. The van der Waals surface area contributed by atoms with Crippen LogP contribution in [0.3, 0.4) is 0 Å². The van der Waals surface area contributed by atoms with Gasteiger partial charge in [-0.05, 0) is 37.7 Å². The maximum atomic E-state index is 11.2. The predicted octanol–water partition coefficient (Wildman–Crippen LogP) is 2.03. The maximum absolute atomic E-state index is 11.2. The summed E-state index contributed by atoms with van der Waals surface area (Å²) >= 11 is 0. The van der Waals surface area contributed by atoms with Gasteiger partial charge in [0.1, 0.15) is 0 Å². The van der Waals surface area contributed by atoms with Gasteiger partial charge in [0.2, 0.25) is 5.91 Å². The Morgan fingerprint density at radius 1 is 1.23 bits per heavy atom. The Morgan fingerprint density at radius 2 is 1.91 bits per heavy atom. The van der Waals surface area contributed by atoms with E-state index in [1.165, 1.54) is 0 Å². The number of nitrogens with zero attached hydrogens (tertiary/aromatic N) is 1. The van der Waals surface area contributed by atoms with Crippen LogP contribution in [0, 0.1) is 0 Å². The fraction of sp³-hybridized carbons (Fsp3) is 0.611. The van der Waals surface area contributed by atoms with Crippen molar-refractivity contribution in [3.05, 3.63) is 35.9 Å². The molecule has 4 nitrogen and oxygen atoms in total. The molecule has 3 rings (SSSR count). The topological polar surface area (TPSA) is 52.6 Å². The molecule has 2 N–H and O–H groups in total. The molecule has 1 aliphatic heterocycles. The Bertz CT molecular complexity index is 509. The summed E-state index contributed by atoms with van der Waals surface area (Å²) in [7, 11) is 0. The number of hydrogen-bond donors (Lipinski definition) is 2. The van der Waals surface area contributed by atoms with Crippen LogP contribution in [0.2, 0.25) is 0 Å². The molecule has 1 aromatic carbocycles. The SMILES string of the molecule is CC(=O)NC1CCN(C2CCC(O)(c3ccccc3)CC2)C1. The van der Waals surface area contributed by atoms with E-state index in [9.17, 15) is 9.90 Å². The van der Waals surface area contributed by atoms with Crippen LogP contribution in [0.25, 0.3) is 0 Å². The van der Waals surface area contributed by atoms with Gasteiger partial charge in [0.15, 0.2) is 0 Å². The average molecular weight is 302 g/mol. The van der Waals surface area contributed by atoms with E-state index in [4.69, 9.17) is 0 Å². The number of rotatable bonds is 3. The van der Waals surface area contributed by atoms with E-state index in [-0.39, 0.29) is 5.91 Å². The third kappa shape index (κ3) is 3.33.